The molecule has 15 heavy (non-hydrogen) atoms. The third-order valence-electron chi connectivity index (χ3n) is 1.63. The highest BCUT2D eigenvalue weighted by Crippen LogP contribution is 2.25. The molecule has 0 aliphatic heterocycles. The van der Waals surface area contributed by atoms with E-state index in [0.29, 0.717) is 0 Å². The highest BCUT2D eigenvalue weighted by Gasteiger charge is 2.13. The van der Waals surface area contributed by atoms with E-state index in [1.807, 2.05) is 0 Å². The van der Waals surface area contributed by atoms with E-state index in [1.54, 1.807) is 0 Å². The number of halogens is 2. The van der Waals surface area contributed by atoms with Crippen LogP contribution in [0.3, 0.4) is 0 Å². The molecule has 0 aliphatic carbocycles. The average Bonchev–Trinajstić information content (AvgIpc) is 2.14. The van der Waals surface area contributed by atoms with Crippen molar-refractivity contribution < 1.29 is 9.31 Å². The Morgan fingerprint density at radius 2 is 2.33 bits per heavy atom. The zero-order valence-corrected chi connectivity index (χ0v) is 8.42. The van der Waals surface area contributed by atoms with Gasteiger partial charge in [-0.15, -0.1) is 0 Å². The van der Waals surface area contributed by atoms with Gasteiger partial charge in [-0.25, -0.2) is 4.39 Å². The number of rotatable bonds is 4. The molecule has 0 aliphatic rings. The van der Waals surface area contributed by atoms with Crippen LogP contribution in [0.1, 0.15) is 0 Å². The number of hydrogen-bond acceptors (Lipinski definition) is 3. The fourth-order valence-electron chi connectivity index (χ4n) is 1.00. The van der Waals surface area contributed by atoms with Crippen LogP contribution in [0, 0.1) is 15.9 Å². The number of nitro benzene ring substituents is 1. The van der Waals surface area contributed by atoms with Crippen LogP contribution in [0.5, 0.6) is 0 Å². The molecule has 0 aromatic heterocycles. The van der Waals surface area contributed by atoms with Gasteiger partial charge in [0, 0.05) is 17.2 Å². The Hall–Kier alpha value is -1.62. The predicted octanol–water partition coefficient (Wildman–Crippen LogP) is 2.90. The van der Waals surface area contributed by atoms with Crippen LogP contribution in [0.15, 0.2) is 29.8 Å². The second kappa shape index (κ2) is 4.75. The molecule has 0 spiro atoms. The molecule has 0 saturated carbocycles. The summed E-state index contributed by atoms with van der Waals surface area (Å²) in [4.78, 5) is 9.97. The molecular weight excluding hydrogens is 223 g/mol. The van der Waals surface area contributed by atoms with Gasteiger partial charge in [0.2, 0.25) is 0 Å². The summed E-state index contributed by atoms with van der Waals surface area (Å²) in [5.41, 5.74) is -0.115. The maximum atomic E-state index is 12.8. The van der Waals surface area contributed by atoms with Gasteiger partial charge in [-0.1, -0.05) is 18.2 Å². The number of anilines is 1. The zero-order valence-electron chi connectivity index (χ0n) is 7.67. The first-order chi connectivity index (χ1) is 7.00. The molecular formula is C9H8ClFN2O2. The van der Waals surface area contributed by atoms with Crippen molar-refractivity contribution in [1.29, 1.82) is 0 Å². The topological polar surface area (TPSA) is 55.2 Å². The third-order valence-corrected chi connectivity index (χ3v) is 1.76. The van der Waals surface area contributed by atoms with Crippen molar-refractivity contribution in [1.82, 2.24) is 0 Å². The fourth-order valence-corrected chi connectivity index (χ4v) is 1.07. The van der Waals surface area contributed by atoms with Gasteiger partial charge in [-0.3, -0.25) is 10.1 Å². The van der Waals surface area contributed by atoms with Gasteiger partial charge in [-0.05, 0) is 6.07 Å². The summed E-state index contributed by atoms with van der Waals surface area (Å²) in [7, 11) is 0. The molecule has 1 N–H and O–H groups in total. The molecule has 0 heterocycles. The van der Waals surface area contributed by atoms with E-state index < -0.39 is 10.7 Å². The summed E-state index contributed by atoms with van der Waals surface area (Å²) in [5.74, 6) is -0.553. The summed E-state index contributed by atoms with van der Waals surface area (Å²) in [6.45, 7) is 3.55. The number of hydrogen-bond donors (Lipinski definition) is 1. The van der Waals surface area contributed by atoms with Crippen molar-refractivity contribution in [3.05, 3.63) is 45.7 Å². The molecule has 1 aromatic rings. The quantitative estimate of drug-likeness (QED) is 0.639. The molecule has 6 heteroatoms. The molecule has 1 aromatic carbocycles. The van der Waals surface area contributed by atoms with Gasteiger partial charge in [0.25, 0.3) is 5.69 Å². The van der Waals surface area contributed by atoms with Gasteiger partial charge in [-0.2, -0.15) is 0 Å². The molecule has 4 nitrogen and oxygen atoms in total. The molecule has 1 rings (SSSR count). The minimum Gasteiger partial charge on any atom is -0.374 e. The summed E-state index contributed by atoms with van der Waals surface area (Å²) in [6, 6.07) is 3.16. The van der Waals surface area contributed by atoms with Crippen LogP contribution in [0.25, 0.3) is 0 Å². The first-order valence-corrected chi connectivity index (χ1v) is 4.39. The summed E-state index contributed by atoms with van der Waals surface area (Å²) in [6.07, 6.45) is 0. The molecule has 0 bridgehead atoms. The highest BCUT2D eigenvalue weighted by molar-refractivity contribution is 6.29. The first-order valence-electron chi connectivity index (χ1n) is 4.02. The Labute approximate surface area is 90.5 Å². The highest BCUT2D eigenvalue weighted by atomic mass is 35.5. The van der Waals surface area contributed by atoms with Gasteiger partial charge in [0.15, 0.2) is 0 Å². The second-order valence-electron chi connectivity index (χ2n) is 2.79. The number of nitro groups is 1. The van der Waals surface area contributed by atoms with Gasteiger partial charge >= 0.3 is 0 Å². The molecule has 80 valence electrons. The largest absolute Gasteiger partial charge is 0.374 e. The lowest BCUT2D eigenvalue weighted by Crippen LogP contribution is -2.04. The smallest absolute Gasteiger partial charge is 0.292 e. The van der Waals surface area contributed by atoms with E-state index in [4.69, 9.17) is 11.6 Å². The van der Waals surface area contributed by atoms with E-state index in [-0.39, 0.29) is 23.0 Å². The van der Waals surface area contributed by atoms with Crippen LogP contribution in [0.2, 0.25) is 0 Å². The maximum Gasteiger partial charge on any atom is 0.292 e. The normalized spacial score (nSPS) is 9.73. The standard InChI is InChI=1S/C9H8ClFN2O2/c1-6(10)5-12-8-4-7(11)2-3-9(8)13(14)15/h2-4,12H,1,5H2. The van der Waals surface area contributed by atoms with Gasteiger partial charge in [0.1, 0.15) is 11.5 Å². The molecule has 0 unspecified atom stereocenters. The van der Waals surface area contributed by atoms with E-state index in [1.165, 1.54) is 0 Å². The Morgan fingerprint density at radius 1 is 1.67 bits per heavy atom. The van der Waals surface area contributed by atoms with E-state index in [0.717, 1.165) is 18.2 Å². The van der Waals surface area contributed by atoms with Crippen LogP contribution in [0.4, 0.5) is 15.8 Å². The van der Waals surface area contributed by atoms with Gasteiger partial charge < -0.3 is 5.32 Å². The lowest BCUT2D eigenvalue weighted by Gasteiger charge is -2.05. The molecule has 0 amide bonds. The predicted molar refractivity (Wildman–Crippen MR) is 56.5 cm³/mol. The van der Waals surface area contributed by atoms with Crippen LogP contribution in [-0.2, 0) is 0 Å². The van der Waals surface area contributed by atoms with Crippen LogP contribution in [-0.4, -0.2) is 11.5 Å². The minimum atomic E-state index is -0.598. The average molecular weight is 231 g/mol. The van der Waals surface area contributed by atoms with Crippen LogP contribution < -0.4 is 5.32 Å². The number of nitrogens with one attached hydrogen (secondary N) is 1. The Kier molecular flexibility index (Phi) is 3.62. The lowest BCUT2D eigenvalue weighted by molar-refractivity contribution is -0.384. The fraction of sp³-hybridized carbons (Fsp3) is 0.111. The second-order valence-corrected chi connectivity index (χ2v) is 3.32. The number of benzene rings is 1. The van der Waals surface area contributed by atoms with Crippen molar-refractivity contribution in [2.75, 3.05) is 11.9 Å². The van der Waals surface area contributed by atoms with Crippen molar-refractivity contribution in [3.63, 3.8) is 0 Å². The molecule has 0 radical (unpaired) electrons. The molecule has 0 saturated heterocycles. The van der Waals surface area contributed by atoms with Crippen LogP contribution >= 0.6 is 11.6 Å². The van der Waals surface area contributed by atoms with E-state index >= 15 is 0 Å². The lowest BCUT2D eigenvalue weighted by atomic mass is 10.2. The van der Waals surface area contributed by atoms with Crippen molar-refractivity contribution in [2.24, 2.45) is 0 Å². The Bertz CT molecular complexity index is 409. The summed E-state index contributed by atoms with van der Waals surface area (Å²) < 4.78 is 12.8. The monoisotopic (exact) mass is 230 g/mol. The third kappa shape index (κ3) is 3.21. The molecule has 0 atom stereocenters. The van der Waals surface area contributed by atoms with Crippen molar-refractivity contribution in [3.8, 4) is 0 Å². The SMILES string of the molecule is C=C(Cl)CNc1cc(F)ccc1[N+](=O)[O-]. The van der Waals surface area contributed by atoms with Crippen molar-refractivity contribution >= 4 is 23.0 Å². The van der Waals surface area contributed by atoms with E-state index in [9.17, 15) is 14.5 Å². The number of nitrogens with zero attached hydrogens (tertiary/aromatic N) is 1. The summed E-state index contributed by atoms with van der Waals surface area (Å²) >= 11 is 5.48. The Morgan fingerprint density at radius 3 is 2.87 bits per heavy atom. The first kappa shape index (κ1) is 11.5. The minimum absolute atomic E-state index is 0.0850. The Balaban J connectivity index is 2.96. The molecule has 0 fully saturated rings. The van der Waals surface area contributed by atoms with E-state index in [2.05, 4.69) is 11.9 Å². The summed E-state index contributed by atoms with van der Waals surface area (Å²) in [5, 5.41) is 13.5. The van der Waals surface area contributed by atoms with Crippen molar-refractivity contribution in [2.45, 2.75) is 0 Å². The maximum absolute atomic E-state index is 12.8. The zero-order chi connectivity index (χ0) is 11.4. The van der Waals surface area contributed by atoms with Gasteiger partial charge in [0.05, 0.1) is 11.5 Å².